The SMILES string of the molecule is COc1ccc(C(N)c2cc(Br)cc(Br)c2)cc1Cl. The Kier molecular flexibility index (Phi) is 4.90. The molecule has 0 heterocycles. The molecule has 0 bridgehead atoms. The highest BCUT2D eigenvalue weighted by Gasteiger charge is 2.12. The third-order valence-corrected chi connectivity index (χ3v) is 3.99. The third-order valence-electron chi connectivity index (χ3n) is 2.78. The van der Waals surface area contributed by atoms with Gasteiger partial charge in [-0.3, -0.25) is 0 Å². The van der Waals surface area contributed by atoms with Crippen molar-refractivity contribution in [2.75, 3.05) is 7.11 Å². The molecule has 19 heavy (non-hydrogen) atoms. The molecule has 0 amide bonds. The number of nitrogens with two attached hydrogens (primary N) is 1. The van der Waals surface area contributed by atoms with Gasteiger partial charge in [-0.2, -0.15) is 0 Å². The van der Waals surface area contributed by atoms with E-state index in [1.54, 1.807) is 7.11 Å². The van der Waals surface area contributed by atoms with Gasteiger partial charge in [0.15, 0.2) is 0 Å². The smallest absolute Gasteiger partial charge is 0.137 e. The second-order valence-electron chi connectivity index (χ2n) is 4.07. The second-order valence-corrected chi connectivity index (χ2v) is 6.31. The average molecular weight is 406 g/mol. The lowest BCUT2D eigenvalue weighted by Gasteiger charge is -2.15. The van der Waals surface area contributed by atoms with E-state index in [1.807, 2.05) is 36.4 Å². The summed E-state index contributed by atoms with van der Waals surface area (Å²) in [6.07, 6.45) is 0. The Morgan fingerprint density at radius 3 is 2.21 bits per heavy atom. The van der Waals surface area contributed by atoms with Crippen LogP contribution < -0.4 is 10.5 Å². The predicted molar refractivity (Wildman–Crippen MR) is 85.9 cm³/mol. The van der Waals surface area contributed by atoms with Gasteiger partial charge in [0, 0.05) is 8.95 Å². The van der Waals surface area contributed by atoms with Crippen LogP contribution >= 0.6 is 43.5 Å². The van der Waals surface area contributed by atoms with Crippen molar-refractivity contribution in [3.05, 3.63) is 61.5 Å². The fourth-order valence-corrected chi connectivity index (χ4v) is 3.42. The zero-order valence-corrected chi connectivity index (χ0v) is 14.1. The number of rotatable bonds is 3. The molecule has 0 spiro atoms. The van der Waals surface area contributed by atoms with E-state index >= 15 is 0 Å². The molecule has 100 valence electrons. The van der Waals surface area contributed by atoms with Gasteiger partial charge < -0.3 is 10.5 Å². The maximum atomic E-state index is 6.27. The zero-order chi connectivity index (χ0) is 14.0. The molecule has 0 aromatic heterocycles. The molecule has 0 saturated carbocycles. The van der Waals surface area contributed by atoms with Gasteiger partial charge >= 0.3 is 0 Å². The molecular formula is C14H12Br2ClNO. The van der Waals surface area contributed by atoms with Crippen molar-refractivity contribution < 1.29 is 4.74 Å². The molecule has 0 radical (unpaired) electrons. The van der Waals surface area contributed by atoms with Gasteiger partial charge in [0.25, 0.3) is 0 Å². The Morgan fingerprint density at radius 1 is 1.05 bits per heavy atom. The van der Waals surface area contributed by atoms with Gasteiger partial charge in [-0.1, -0.05) is 49.5 Å². The normalized spacial score (nSPS) is 12.3. The van der Waals surface area contributed by atoms with Crippen LogP contribution in [0.5, 0.6) is 5.75 Å². The van der Waals surface area contributed by atoms with Gasteiger partial charge in [0.1, 0.15) is 5.75 Å². The number of hydrogen-bond acceptors (Lipinski definition) is 2. The van der Waals surface area contributed by atoms with Gasteiger partial charge in [0.2, 0.25) is 0 Å². The summed E-state index contributed by atoms with van der Waals surface area (Å²) in [5.74, 6) is 0.646. The highest BCUT2D eigenvalue weighted by Crippen LogP contribution is 2.31. The highest BCUT2D eigenvalue weighted by atomic mass is 79.9. The molecular weight excluding hydrogens is 393 g/mol. The standard InChI is InChI=1S/C14H12Br2ClNO/c1-19-13-3-2-8(6-12(13)17)14(18)9-4-10(15)7-11(16)5-9/h2-7,14H,18H2,1H3. The number of halogens is 3. The average Bonchev–Trinajstić information content (AvgIpc) is 2.36. The van der Waals surface area contributed by atoms with E-state index in [4.69, 9.17) is 22.1 Å². The van der Waals surface area contributed by atoms with Crippen molar-refractivity contribution in [3.8, 4) is 5.75 Å². The monoisotopic (exact) mass is 403 g/mol. The van der Waals surface area contributed by atoms with Gasteiger partial charge in [-0.05, 0) is 41.5 Å². The number of methoxy groups -OCH3 is 1. The van der Waals surface area contributed by atoms with E-state index in [-0.39, 0.29) is 6.04 Å². The summed E-state index contributed by atoms with van der Waals surface area (Å²) in [6.45, 7) is 0. The highest BCUT2D eigenvalue weighted by molar-refractivity contribution is 9.11. The summed E-state index contributed by atoms with van der Waals surface area (Å²) in [5.41, 5.74) is 8.22. The maximum absolute atomic E-state index is 6.27. The first kappa shape index (κ1) is 14.9. The minimum Gasteiger partial charge on any atom is -0.495 e. The van der Waals surface area contributed by atoms with E-state index in [2.05, 4.69) is 31.9 Å². The Hall–Kier alpha value is -0.550. The molecule has 2 aromatic rings. The minimum atomic E-state index is -0.239. The molecule has 2 aromatic carbocycles. The summed E-state index contributed by atoms with van der Waals surface area (Å²) in [6, 6.07) is 11.3. The van der Waals surface area contributed by atoms with Crippen LogP contribution in [0.3, 0.4) is 0 Å². The molecule has 0 fully saturated rings. The van der Waals surface area contributed by atoms with Crippen molar-refractivity contribution >= 4 is 43.5 Å². The maximum Gasteiger partial charge on any atom is 0.137 e. The van der Waals surface area contributed by atoms with Crippen LogP contribution in [0.1, 0.15) is 17.2 Å². The van der Waals surface area contributed by atoms with Crippen LogP contribution in [-0.2, 0) is 0 Å². The molecule has 2 nitrogen and oxygen atoms in total. The van der Waals surface area contributed by atoms with E-state index in [9.17, 15) is 0 Å². The first-order valence-corrected chi connectivity index (χ1v) is 7.52. The zero-order valence-electron chi connectivity index (χ0n) is 10.2. The van der Waals surface area contributed by atoms with Crippen LogP contribution in [-0.4, -0.2) is 7.11 Å². The van der Waals surface area contributed by atoms with Crippen LogP contribution in [0.2, 0.25) is 5.02 Å². The summed E-state index contributed by atoms with van der Waals surface area (Å²) in [4.78, 5) is 0. The van der Waals surface area contributed by atoms with Crippen LogP contribution in [0, 0.1) is 0 Å². The Morgan fingerprint density at radius 2 is 1.68 bits per heavy atom. The topological polar surface area (TPSA) is 35.2 Å². The Balaban J connectivity index is 2.38. The summed E-state index contributed by atoms with van der Waals surface area (Å²) in [7, 11) is 1.59. The van der Waals surface area contributed by atoms with Gasteiger partial charge in [-0.15, -0.1) is 0 Å². The molecule has 0 saturated heterocycles. The lowest BCUT2D eigenvalue weighted by Crippen LogP contribution is -2.12. The van der Waals surface area contributed by atoms with Crippen LogP contribution in [0.15, 0.2) is 45.3 Å². The van der Waals surface area contributed by atoms with Crippen molar-refractivity contribution in [2.24, 2.45) is 5.73 Å². The Labute approximate surface area is 134 Å². The first-order valence-electron chi connectivity index (χ1n) is 5.56. The molecule has 5 heteroatoms. The number of hydrogen-bond donors (Lipinski definition) is 1. The lowest BCUT2D eigenvalue weighted by molar-refractivity contribution is 0.415. The van der Waals surface area contributed by atoms with Crippen LogP contribution in [0.4, 0.5) is 0 Å². The first-order chi connectivity index (χ1) is 9.01. The van der Waals surface area contributed by atoms with Crippen LogP contribution in [0.25, 0.3) is 0 Å². The largest absolute Gasteiger partial charge is 0.495 e. The predicted octanol–water partition coefficient (Wildman–Crippen LogP) is 4.92. The van der Waals surface area contributed by atoms with Gasteiger partial charge in [0.05, 0.1) is 18.2 Å². The number of benzene rings is 2. The summed E-state index contributed by atoms with van der Waals surface area (Å²) in [5, 5.41) is 0.560. The molecule has 1 unspecified atom stereocenters. The van der Waals surface area contributed by atoms with E-state index in [1.165, 1.54) is 0 Å². The van der Waals surface area contributed by atoms with E-state index in [0.29, 0.717) is 10.8 Å². The summed E-state index contributed by atoms with van der Waals surface area (Å²) < 4.78 is 7.09. The molecule has 0 aliphatic heterocycles. The number of ether oxygens (including phenoxy) is 1. The molecule has 2 rings (SSSR count). The fourth-order valence-electron chi connectivity index (χ4n) is 1.82. The minimum absolute atomic E-state index is 0.239. The van der Waals surface area contributed by atoms with E-state index < -0.39 is 0 Å². The van der Waals surface area contributed by atoms with Crippen molar-refractivity contribution in [3.63, 3.8) is 0 Å². The summed E-state index contributed by atoms with van der Waals surface area (Å²) >= 11 is 13.0. The molecule has 0 aliphatic carbocycles. The van der Waals surface area contributed by atoms with Gasteiger partial charge in [-0.25, -0.2) is 0 Å². The van der Waals surface area contributed by atoms with Crippen molar-refractivity contribution in [1.29, 1.82) is 0 Å². The molecule has 1 atom stereocenters. The quantitative estimate of drug-likeness (QED) is 0.787. The molecule has 2 N–H and O–H groups in total. The van der Waals surface area contributed by atoms with Crippen molar-refractivity contribution in [2.45, 2.75) is 6.04 Å². The molecule has 0 aliphatic rings. The van der Waals surface area contributed by atoms with E-state index in [0.717, 1.165) is 20.1 Å². The lowest BCUT2D eigenvalue weighted by atomic mass is 10.00. The fraction of sp³-hybridized carbons (Fsp3) is 0.143. The third kappa shape index (κ3) is 3.51. The Bertz CT molecular complexity index is 584. The second kappa shape index (κ2) is 6.27. The van der Waals surface area contributed by atoms with Crippen molar-refractivity contribution in [1.82, 2.24) is 0 Å².